The Kier molecular flexibility index (Phi) is 3.39. The molecular weight excluding hydrogens is 230 g/mol. The number of alkyl halides is 2. The summed E-state index contributed by atoms with van der Waals surface area (Å²) >= 11 is 0. The molecule has 2 rings (SSSR count). The molecule has 1 N–H and O–H groups in total. The van der Waals surface area contributed by atoms with Crippen LogP contribution in [0.1, 0.15) is 17.2 Å². The van der Waals surface area contributed by atoms with Crippen LogP contribution in [0.2, 0.25) is 0 Å². The second kappa shape index (κ2) is 4.97. The normalized spacial score (nSPS) is 12.7. The summed E-state index contributed by atoms with van der Waals surface area (Å²) in [5.74, 6) is 0.0139. The molecule has 0 bridgehead atoms. The highest BCUT2D eigenvalue weighted by molar-refractivity contribution is 5.34. The molecule has 2 aromatic rings. The smallest absolute Gasteiger partial charge is 0.387 e. The maximum absolute atomic E-state index is 12.0. The van der Waals surface area contributed by atoms with Crippen molar-refractivity contribution in [2.75, 3.05) is 0 Å². The zero-order chi connectivity index (χ0) is 12.3. The van der Waals surface area contributed by atoms with E-state index in [1.165, 1.54) is 30.7 Å². The highest BCUT2D eigenvalue weighted by Crippen LogP contribution is 2.25. The topological polar surface area (TPSA) is 42.6 Å². The molecule has 0 aliphatic heterocycles. The van der Waals surface area contributed by atoms with E-state index >= 15 is 0 Å². The molecule has 17 heavy (non-hydrogen) atoms. The van der Waals surface area contributed by atoms with Gasteiger partial charge in [0.2, 0.25) is 0 Å². The van der Waals surface area contributed by atoms with Crippen molar-refractivity contribution in [3.05, 3.63) is 54.0 Å². The van der Waals surface area contributed by atoms with Crippen molar-refractivity contribution in [2.45, 2.75) is 12.7 Å². The summed E-state index contributed by atoms with van der Waals surface area (Å²) in [6, 6.07) is 7.53. The van der Waals surface area contributed by atoms with Gasteiger partial charge in [0.15, 0.2) is 0 Å². The second-order valence-electron chi connectivity index (χ2n) is 3.41. The van der Waals surface area contributed by atoms with Crippen LogP contribution in [0.3, 0.4) is 0 Å². The monoisotopic (exact) mass is 240 g/mol. The maximum atomic E-state index is 12.0. The predicted octanol–water partition coefficient (Wildman–Crippen LogP) is 2.96. The number of rotatable bonds is 4. The van der Waals surface area contributed by atoms with Gasteiger partial charge in [-0.1, -0.05) is 12.1 Å². The van der Waals surface area contributed by atoms with Crippen LogP contribution in [-0.2, 0) is 0 Å². The molecule has 0 saturated heterocycles. The summed E-state index contributed by atoms with van der Waals surface area (Å²) in [5.41, 5.74) is 1.02. The van der Waals surface area contributed by atoms with Crippen LogP contribution < -0.4 is 4.74 Å². The van der Waals surface area contributed by atoms with Crippen LogP contribution in [0, 0.1) is 0 Å². The fourth-order valence-electron chi connectivity index (χ4n) is 1.48. The first-order valence-electron chi connectivity index (χ1n) is 4.92. The van der Waals surface area contributed by atoms with E-state index in [4.69, 9.17) is 4.42 Å². The number of hydrogen-bond donors (Lipinski definition) is 1. The molecule has 1 unspecified atom stereocenters. The number of aliphatic hydroxyl groups is 1. The van der Waals surface area contributed by atoms with Crippen molar-refractivity contribution in [3.8, 4) is 5.75 Å². The van der Waals surface area contributed by atoms with Crippen LogP contribution in [0.4, 0.5) is 8.78 Å². The zero-order valence-corrected chi connectivity index (χ0v) is 8.72. The summed E-state index contributed by atoms with van der Waals surface area (Å²) in [5, 5.41) is 9.94. The van der Waals surface area contributed by atoms with Gasteiger partial charge in [0, 0.05) is 5.56 Å². The average Bonchev–Trinajstić information content (AvgIpc) is 2.81. The van der Waals surface area contributed by atoms with Crippen LogP contribution in [0.5, 0.6) is 5.75 Å². The van der Waals surface area contributed by atoms with Crippen LogP contribution >= 0.6 is 0 Å². The first kappa shape index (κ1) is 11.6. The van der Waals surface area contributed by atoms with Crippen molar-refractivity contribution < 1.29 is 23.0 Å². The van der Waals surface area contributed by atoms with E-state index in [1.54, 1.807) is 12.1 Å². The molecule has 1 heterocycles. The first-order chi connectivity index (χ1) is 8.16. The maximum Gasteiger partial charge on any atom is 0.387 e. The summed E-state index contributed by atoms with van der Waals surface area (Å²) in [4.78, 5) is 0. The van der Waals surface area contributed by atoms with Crippen molar-refractivity contribution in [3.63, 3.8) is 0 Å². The molecule has 5 heteroatoms. The number of benzene rings is 1. The number of furan rings is 1. The second-order valence-corrected chi connectivity index (χ2v) is 3.41. The Bertz CT molecular complexity index is 468. The minimum Gasteiger partial charge on any atom is -0.472 e. The molecule has 0 amide bonds. The zero-order valence-electron chi connectivity index (χ0n) is 8.72. The van der Waals surface area contributed by atoms with Gasteiger partial charge in [-0.3, -0.25) is 0 Å². The molecule has 1 aromatic heterocycles. The van der Waals surface area contributed by atoms with Gasteiger partial charge in [-0.25, -0.2) is 0 Å². The lowest BCUT2D eigenvalue weighted by Crippen LogP contribution is -2.03. The third-order valence-corrected chi connectivity index (χ3v) is 2.26. The van der Waals surface area contributed by atoms with Gasteiger partial charge in [0.1, 0.15) is 11.9 Å². The molecular formula is C12H10F2O3. The standard InChI is InChI=1S/C12H10F2O3/c13-12(14)17-10-3-1-2-8(6-10)11(15)9-4-5-16-7-9/h1-7,11-12,15H. The Labute approximate surface area is 96.3 Å². The Hall–Kier alpha value is -1.88. The minimum atomic E-state index is -2.88. The van der Waals surface area contributed by atoms with Gasteiger partial charge < -0.3 is 14.3 Å². The van der Waals surface area contributed by atoms with E-state index in [2.05, 4.69) is 4.74 Å². The Morgan fingerprint density at radius 3 is 2.65 bits per heavy atom. The van der Waals surface area contributed by atoms with Gasteiger partial charge in [0.25, 0.3) is 0 Å². The summed E-state index contributed by atoms with van der Waals surface area (Å²) < 4.78 is 33.1. The molecule has 1 atom stereocenters. The number of ether oxygens (including phenoxy) is 1. The lowest BCUT2D eigenvalue weighted by Gasteiger charge is -2.11. The van der Waals surface area contributed by atoms with E-state index in [0.717, 1.165) is 0 Å². The van der Waals surface area contributed by atoms with Gasteiger partial charge in [-0.05, 0) is 23.8 Å². The third kappa shape index (κ3) is 2.82. The number of hydrogen-bond acceptors (Lipinski definition) is 3. The van der Waals surface area contributed by atoms with Crippen molar-refractivity contribution in [1.82, 2.24) is 0 Å². The molecule has 0 aliphatic carbocycles. The average molecular weight is 240 g/mol. The van der Waals surface area contributed by atoms with E-state index < -0.39 is 12.7 Å². The van der Waals surface area contributed by atoms with Crippen molar-refractivity contribution >= 4 is 0 Å². The van der Waals surface area contributed by atoms with Gasteiger partial charge in [-0.15, -0.1) is 0 Å². The van der Waals surface area contributed by atoms with E-state index in [9.17, 15) is 13.9 Å². The molecule has 90 valence electrons. The Balaban J connectivity index is 2.21. The van der Waals surface area contributed by atoms with Crippen LogP contribution in [-0.4, -0.2) is 11.7 Å². The molecule has 0 saturated carbocycles. The summed E-state index contributed by atoms with van der Waals surface area (Å²) in [6.45, 7) is -2.88. The molecule has 0 radical (unpaired) electrons. The van der Waals surface area contributed by atoms with Crippen LogP contribution in [0.25, 0.3) is 0 Å². The fraction of sp³-hybridized carbons (Fsp3) is 0.167. The quantitative estimate of drug-likeness (QED) is 0.893. The third-order valence-electron chi connectivity index (χ3n) is 2.26. The van der Waals surface area contributed by atoms with Gasteiger partial charge in [0.05, 0.1) is 12.5 Å². The molecule has 1 aromatic carbocycles. The molecule has 3 nitrogen and oxygen atoms in total. The van der Waals surface area contributed by atoms with Gasteiger partial charge >= 0.3 is 6.61 Å². The molecule has 0 aliphatic rings. The lowest BCUT2D eigenvalue weighted by atomic mass is 10.0. The Morgan fingerprint density at radius 1 is 1.18 bits per heavy atom. The van der Waals surface area contributed by atoms with E-state index in [0.29, 0.717) is 11.1 Å². The van der Waals surface area contributed by atoms with Crippen molar-refractivity contribution in [2.24, 2.45) is 0 Å². The lowest BCUT2D eigenvalue weighted by molar-refractivity contribution is -0.0499. The summed E-state index contributed by atoms with van der Waals surface area (Å²) in [7, 11) is 0. The van der Waals surface area contributed by atoms with Crippen molar-refractivity contribution in [1.29, 1.82) is 0 Å². The predicted molar refractivity (Wildman–Crippen MR) is 55.8 cm³/mol. The van der Waals surface area contributed by atoms with Gasteiger partial charge in [-0.2, -0.15) is 8.78 Å². The number of aliphatic hydroxyl groups excluding tert-OH is 1. The highest BCUT2D eigenvalue weighted by Gasteiger charge is 2.13. The molecule has 0 spiro atoms. The number of halogens is 2. The SMILES string of the molecule is OC(c1ccoc1)c1cccc(OC(F)F)c1. The summed E-state index contributed by atoms with van der Waals surface area (Å²) in [6.07, 6.45) is 1.90. The fourth-order valence-corrected chi connectivity index (χ4v) is 1.48. The first-order valence-corrected chi connectivity index (χ1v) is 4.92. The Morgan fingerprint density at radius 2 is 2.00 bits per heavy atom. The highest BCUT2D eigenvalue weighted by atomic mass is 19.3. The van der Waals surface area contributed by atoms with E-state index in [-0.39, 0.29) is 5.75 Å². The largest absolute Gasteiger partial charge is 0.472 e. The van der Waals surface area contributed by atoms with E-state index in [1.807, 2.05) is 0 Å². The van der Waals surface area contributed by atoms with Crippen LogP contribution in [0.15, 0.2) is 47.3 Å². The minimum absolute atomic E-state index is 0.0139. The molecule has 0 fully saturated rings.